The lowest BCUT2D eigenvalue weighted by atomic mass is 10.5. The maximum Gasteiger partial charge on any atom is 0.305 e. The van der Waals surface area contributed by atoms with E-state index in [0.29, 0.717) is 0 Å². The van der Waals surface area contributed by atoms with Crippen LogP contribution in [-0.2, 0) is 13.9 Å². The molecule has 5 heteroatoms. The van der Waals surface area contributed by atoms with Gasteiger partial charge >= 0.3 is 5.97 Å². The summed E-state index contributed by atoms with van der Waals surface area (Å²) in [7, 11) is -2.49. The van der Waals surface area contributed by atoms with E-state index in [1.165, 1.54) is 13.3 Å². The summed E-state index contributed by atoms with van der Waals surface area (Å²) in [5.41, 5.74) is 0. The molecule has 0 saturated heterocycles. The Kier molecular flexibility index (Phi) is 3.61. The Hall–Kier alpha value is -0.340. The maximum absolute atomic E-state index is 10.8. The lowest BCUT2D eigenvalue weighted by molar-refractivity contribution is -0.137. The lowest BCUT2D eigenvalue weighted by Crippen LogP contribution is -2.00. The first kappa shape index (κ1) is 9.66. The van der Waals surface area contributed by atoms with Crippen LogP contribution in [0.1, 0.15) is 6.42 Å². The monoisotopic (exact) mass is 166 g/mol. The second-order valence-electron chi connectivity index (χ2n) is 2.23. The average Bonchev–Trinajstić information content (AvgIpc) is 1.59. The van der Waals surface area contributed by atoms with Crippen molar-refractivity contribution >= 4 is 13.3 Å². The number of aliphatic carboxylic acids is 1. The largest absolute Gasteiger partial charge is 0.481 e. The Morgan fingerprint density at radius 3 is 2.40 bits per heavy atom. The van der Waals surface area contributed by atoms with Crippen molar-refractivity contribution in [3.8, 4) is 0 Å². The van der Waals surface area contributed by atoms with Crippen LogP contribution in [0.2, 0.25) is 0 Å². The minimum atomic E-state index is -2.49. The molecule has 0 aliphatic carbocycles. The zero-order valence-corrected chi connectivity index (χ0v) is 6.93. The van der Waals surface area contributed by atoms with Crippen molar-refractivity contribution in [1.29, 1.82) is 0 Å². The molecule has 1 N–H and O–H groups in total. The molecule has 0 unspecified atom stereocenters. The molecule has 4 nitrogen and oxygen atoms in total. The fourth-order valence-corrected chi connectivity index (χ4v) is 0.884. The number of hydrogen-bond acceptors (Lipinski definition) is 3. The molecule has 0 aromatic heterocycles. The van der Waals surface area contributed by atoms with E-state index in [9.17, 15) is 9.36 Å². The fourth-order valence-electron chi connectivity index (χ4n) is 0.353. The first-order valence-electron chi connectivity index (χ1n) is 2.83. The normalized spacial score (nSPS) is 11.4. The van der Waals surface area contributed by atoms with Crippen molar-refractivity contribution in [2.75, 3.05) is 19.9 Å². The number of carboxylic acid groups (broad SMARTS) is 1. The van der Waals surface area contributed by atoms with E-state index in [1.54, 1.807) is 0 Å². The molecule has 0 amide bonds. The zero-order valence-electron chi connectivity index (χ0n) is 6.03. The summed E-state index contributed by atoms with van der Waals surface area (Å²) < 4.78 is 15.5. The molecule has 0 aliphatic heterocycles. The van der Waals surface area contributed by atoms with Gasteiger partial charge in [0, 0.05) is 13.3 Å². The summed E-state index contributed by atoms with van der Waals surface area (Å²) in [5, 5.41) is 8.14. The van der Waals surface area contributed by atoms with Crippen molar-refractivity contribution in [2.24, 2.45) is 0 Å². The molecule has 0 rings (SSSR count). The smallest absolute Gasteiger partial charge is 0.305 e. The topological polar surface area (TPSA) is 63.6 Å². The van der Waals surface area contributed by atoms with Crippen molar-refractivity contribution in [1.82, 2.24) is 0 Å². The SMILES string of the molecule is CP(C)(=O)OCCC(=O)O. The molecule has 0 aromatic rings. The predicted octanol–water partition coefficient (Wildman–Crippen LogP) is 1.02. The van der Waals surface area contributed by atoms with Crippen molar-refractivity contribution in [3.05, 3.63) is 0 Å². The minimum Gasteiger partial charge on any atom is -0.481 e. The Morgan fingerprint density at radius 1 is 1.60 bits per heavy atom. The number of rotatable bonds is 4. The van der Waals surface area contributed by atoms with Gasteiger partial charge in [-0.05, 0) is 0 Å². The molecule has 0 atom stereocenters. The molecule has 0 aromatic carbocycles. The Labute approximate surface area is 59.6 Å². The van der Waals surface area contributed by atoms with Crippen LogP contribution in [0, 0.1) is 0 Å². The van der Waals surface area contributed by atoms with Crippen molar-refractivity contribution < 1.29 is 19.0 Å². The lowest BCUT2D eigenvalue weighted by Gasteiger charge is -2.05. The number of hydrogen-bond donors (Lipinski definition) is 1. The van der Waals surface area contributed by atoms with Gasteiger partial charge in [0.15, 0.2) is 7.37 Å². The van der Waals surface area contributed by atoms with Gasteiger partial charge in [0.1, 0.15) is 0 Å². The van der Waals surface area contributed by atoms with Crippen LogP contribution >= 0.6 is 7.37 Å². The van der Waals surface area contributed by atoms with Crippen LogP contribution < -0.4 is 0 Å². The van der Waals surface area contributed by atoms with Crippen LogP contribution in [0.5, 0.6) is 0 Å². The van der Waals surface area contributed by atoms with Gasteiger partial charge in [-0.2, -0.15) is 0 Å². The highest BCUT2D eigenvalue weighted by molar-refractivity contribution is 7.57. The molecular weight excluding hydrogens is 155 g/mol. The van der Waals surface area contributed by atoms with Gasteiger partial charge in [-0.15, -0.1) is 0 Å². The van der Waals surface area contributed by atoms with E-state index in [0.717, 1.165) is 0 Å². The molecule has 60 valence electrons. The van der Waals surface area contributed by atoms with Crippen LogP contribution in [0.25, 0.3) is 0 Å². The first-order chi connectivity index (χ1) is 4.42. The third-order valence-electron chi connectivity index (χ3n) is 0.718. The highest BCUT2D eigenvalue weighted by atomic mass is 31.2. The molecule has 0 saturated carbocycles. The van der Waals surface area contributed by atoms with E-state index in [-0.39, 0.29) is 13.0 Å². The standard InChI is InChI=1S/C5H11O4P/c1-10(2,8)9-4-3-5(6)7/h3-4H2,1-2H3,(H,6,7). The average molecular weight is 166 g/mol. The van der Waals surface area contributed by atoms with Gasteiger partial charge in [0.05, 0.1) is 13.0 Å². The number of carboxylic acids is 1. The predicted molar refractivity (Wildman–Crippen MR) is 37.7 cm³/mol. The molecule has 10 heavy (non-hydrogen) atoms. The summed E-state index contributed by atoms with van der Waals surface area (Å²) >= 11 is 0. The van der Waals surface area contributed by atoms with Crippen LogP contribution in [0.4, 0.5) is 0 Å². The molecular formula is C5H11O4P. The second kappa shape index (κ2) is 3.74. The summed E-state index contributed by atoms with van der Waals surface area (Å²) in [6.45, 7) is 2.93. The van der Waals surface area contributed by atoms with Gasteiger partial charge in [-0.3, -0.25) is 9.36 Å². The molecule has 0 bridgehead atoms. The summed E-state index contributed by atoms with van der Waals surface area (Å²) in [4.78, 5) is 9.92. The first-order valence-corrected chi connectivity index (χ1v) is 5.35. The molecule has 0 fully saturated rings. The highest BCUT2D eigenvalue weighted by Gasteiger charge is 2.07. The molecule has 0 aliphatic rings. The minimum absolute atomic E-state index is 0.0274. The van der Waals surface area contributed by atoms with Gasteiger partial charge < -0.3 is 9.63 Å². The van der Waals surface area contributed by atoms with Gasteiger partial charge in [-0.1, -0.05) is 0 Å². The quantitative estimate of drug-likeness (QED) is 0.633. The third kappa shape index (κ3) is 7.66. The van der Waals surface area contributed by atoms with E-state index in [4.69, 9.17) is 9.63 Å². The molecule has 0 heterocycles. The van der Waals surface area contributed by atoms with Gasteiger partial charge in [0.2, 0.25) is 0 Å². The number of carbonyl (C=O) groups is 1. The Balaban J connectivity index is 3.39. The molecule has 0 radical (unpaired) electrons. The summed E-state index contributed by atoms with van der Waals surface area (Å²) in [6.07, 6.45) is -0.0916. The van der Waals surface area contributed by atoms with E-state index in [1.807, 2.05) is 0 Å². The third-order valence-corrected chi connectivity index (χ3v) is 1.52. The highest BCUT2D eigenvalue weighted by Crippen LogP contribution is 2.36. The maximum atomic E-state index is 10.8. The molecule has 0 spiro atoms. The summed E-state index contributed by atoms with van der Waals surface area (Å²) in [5.74, 6) is -0.937. The second-order valence-corrected chi connectivity index (χ2v) is 4.99. The van der Waals surface area contributed by atoms with E-state index >= 15 is 0 Å². The van der Waals surface area contributed by atoms with Gasteiger partial charge in [-0.25, -0.2) is 0 Å². The fraction of sp³-hybridized carbons (Fsp3) is 0.800. The van der Waals surface area contributed by atoms with E-state index < -0.39 is 13.3 Å². The van der Waals surface area contributed by atoms with Crippen LogP contribution in [0.3, 0.4) is 0 Å². The van der Waals surface area contributed by atoms with Crippen LogP contribution in [-0.4, -0.2) is 31.0 Å². The Bertz CT molecular complexity index is 159. The van der Waals surface area contributed by atoms with Crippen molar-refractivity contribution in [2.45, 2.75) is 6.42 Å². The van der Waals surface area contributed by atoms with E-state index in [2.05, 4.69) is 0 Å². The van der Waals surface area contributed by atoms with Crippen molar-refractivity contribution in [3.63, 3.8) is 0 Å². The summed E-state index contributed by atoms with van der Waals surface area (Å²) in [6, 6.07) is 0. The van der Waals surface area contributed by atoms with Crippen LogP contribution in [0.15, 0.2) is 0 Å². The Morgan fingerprint density at radius 2 is 2.10 bits per heavy atom. The zero-order chi connectivity index (χ0) is 8.20. The van der Waals surface area contributed by atoms with Gasteiger partial charge in [0.25, 0.3) is 0 Å².